The van der Waals surface area contributed by atoms with Crippen molar-refractivity contribution in [2.45, 2.75) is 12.6 Å². The Morgan fingerprint density at radius 2 is 2.16 bits per heavy atom. The lowest BCUT2D eigenvalue weighted by Gasteiger charge is -2.26. The van der Waals surface area contributed by atoms with Gasteiger partial charge in [-0.15, -0.1) is 11.3 Å². The number of carbonyl (C=O) groups excluding carboxylic acids is 1. The fraction of sp³-hybridized carbons (Fsp3) is 0.294. The monoisotopic (exact) mass is 368 g/mol. The Kier molecular flexibility index (Phi) is 5.08. The molecule has 3 heterocycles. The molecule has 3 rings (SSSR count). The van der Waals surface area contributed by atoms with Crippen LogP contribution in [0.5, 0.6) is 5.75 Å². The van der Waals surface area contributed by atoms with Crippen LogP contribution >= 0.6 is 11.3 Å². The van der Waals surface area contributed by atoms with Crippen LogP contribution < -0.4 is 4.74 Å². The second kappa shape index (κ2) is 7.26. The lowest BCUT2D eigenvalue weighted by molar-refractivity contribution is -0.153. The predicted molar refractivity (Wildman–Crippen MR) is 88.6 cm³/mol. The van der Waals surface area contributed by atoms with Crippen LogP contribution in [-0.4, -0.2) is 41.7 Å². The number of pyridine rings is 1. The summed E-state index contributed by atoms with van der Waals surface area (Å²) in [6.07, 6.45) is -0.450. The van der Waals surface area contributed by atoms with Crippen LogP contribution in [0, 0.1) is 0 Å². The quantitative estimate of drug-likeness (QED) is 0.819. The van der Waals surface area contributed by atoms with Gasteiger partial charge in [-0.2, -0.15) is 13.2 Å². The van der Waals surface area contributed by atoms with E-state index >= 15 is 0 Å². The number of halogens is 3. The lowest BCUT2D eigenvalue weighted by atomic mass is 10.1. The van der Waals surface area contributed by atoms with Crippen molar-refractivity contribution in [3.05, 3.63) is 52.5 Å². The van der Waals surface area contributed by atoms with Gasteiger partial charge < -0.3 is 9.64 Å². The van der Waals surface area contributed by atoms with Crippen molar-refractivity contribution in [2.75, 3.05) is 19.7 Å². The minimum Gasteiger partial charge on any atom is -0.482 e. The number of ether oxygens (including phenoxy) is 1. The number of alkyl halides is 3. The van der Waals surface area contributed by atoms with E-state index in [9.17, 15) is 18.0 Å². The summed E-state index contributed by atoms with van der Waals surface area (Å²) < 4.78 is 41.8. The van der Waals surface area contributed by atoms with E-state index < -0.39 is 18.7 Å². The summed E-state index contributed by atoms with van der Waals surface area (Å²) in [4.78, 5) is 19.3. The van der Waals surface area contributed by atoms with Gasteiger partial charge in [-0.3, -0.25) is 4.79 Å². The van der Waals surface area contributed by atoms with Crippen LogP contribution in [0.1, 0.15) is 21.8 Å². The Hall–Kier alpha value is -2.35. The standard InChI is InChI=1S/C17H15F3N2O2S/c18-17(19,20)11-24-13-3-1-7-21-15(13)16(23)22-8-5-12(6-9-22)14-4-2-10-25-14/h1-5,7,10H,6,8-9,11H2. The molecule has 8 heteroatoms. The van der Waals surface area contributed by atoms with Gasteiger partial charge in [0.1, 0.15) is 0 Å². The normalized spacial score (nSPS) is 15.0. The van der Waals surface area contributed by atoms with Crippen molar-refractivity contribution in [1.29, 1.82) is 0 Å². The van der Waals surface area contributed by atoms with Gasteiger partial charge in [0.2, 0.25) is 0 Å². The molecule has 0 N–H and O–H groups in total. The smallest absolute Gasteiger partial charge is 0.422 e. The maximum atomic E-state index is 12.6. The summed E-state index contributed by atoms with van der Waals surface area (Å²) in [5.74, 6) is -0.586. The fourth-order valence-corrected chi connectivity index (χ4v) is 3.31. The van der Waals surface area contributed by atoms with E-state index in [1.54, 1.807) is 16.2 Å². The highest BCUT2D eigenvalue weighted by molar-refractivity contribution is 7.11. The summed E-state index contributed by atoms with van der Waals surface area (Å²) in [5, 5.41) is 1.99. The minimum atomic E-state index is -4.47. The lowest BCUT2D eigenvalue weighted by Crippen LogP contribution is -2.35. The zero-order valence-corrected chi connectivity index (χ0v) is 13.9. The third kappa shape index (κ3) is 4.39. The van der Waals surface area contributed by atoms with Crippen molar-refractivity contribution >= 4 is 22.8 Å². The molecule has 25 heavy (non-hydrogen) atoms. The van der Waals surface area contributed by atoms with Gasteiger partial charge in [0.05, 0.1) is 0 Å². The number of rotatable bonds is 4. The van der Waals surface area contributed by atoms with Crippen molar-refractivity contribution in [3.8, 4) is 5.75 Å². The van der Waals surface area contributed by atoms with Gasteiger partial charge in [-0.05, 0) is 35.6 Å². The first-order valence-electron chi connectivity index (χ1n) is 7.61. The first-order chi connectivity index (χ1) is 11.9. The summed E-state index contributed by atoms with van der Waals surface area (Å²) in [7, 11) is 0. The summed E-state index contributed by atoms with van der Waals surface area (Å²) in [6, 6.07) is 6.75. The van der Waals surface area contributed by atoms with Gasteiger partial charge in [0.25, 0.3) is 5.91 Å². The number of carbonyl (C=O) groups is 1. The van der Waals surface area contributed by atoms with Crippen molar-refractivity contribution < 1.29 is 22.7 Å². The van der Waals surface area contributed by atoms with Crippen LogP contribution in [0.4, 0.5) is 13.2 Å². The molecule has 1 aliphatic rings. The molecule has 132 valence electrons. The maximum absolute atomic E-state index is 12.6. The highest BCUT2D eigenvalue weighted by Gasteiger charge is 2.30. The van der Waals surface area contributed by atoms with Crippen LogP contribution in [0.2, 0.25) is 0 Å². The van der Waals surface area contributed by atoms with E-state index in [0.29, 0.717) is 19.5 Å². The highest BCUT2D eigenvalue weighted by Crippen LogP contribution is 2.28. The topological polar surface area (TPSA) is 42.4 Å². The second-order valence-electron chi connectivity index (χ2n) is 5.46. The van der Waals surface area contributed by atoms with Gasteiger partial charge in [-0.25, -0.2) is 4.98 Å². The minimum absolute atomic E-state index is 0.0975. The number of hydrogen-bond donors (Lipinski definition) is 0. The van der Waals surface area contributed by atoms with Crippen LogP contribution in [0.15, 0.2) is 41.9 Å². The summed E-state index contributed by atoms with van der Waals surface area (Å²) >= 11 is 1.64. The number of nitrogens with zero attached hydrogens (tertiary/aromatic N) is 2. The molecular formula is C17H15F3N2O2S. The van der Waals surface area contributed by atoms with E-state index in [1.807, 2.05) is 23.6 Å². The molecule has 0 saturated heterocycles. The molecule has 0 unspecified atom stereocenters. The van der Waals surface area contributed by atoms with Gasteiger partial charge in [-0.1, -0.05) is 12.1 Å². The Bertz CT molecular complexity index is 772. The van der Waals surface area contributed by atoms with Crippen molar-refractivity contribution in [3.63, 3.8) is 0 Å². The van der Waals surface area contributed by atoms with Crippen molar-refractivity contribution in [2.24, 2.45) is 0 Å². The molecule has 0 bridgehead atoms. The average Bonchev–Trinajstić information content (AvgIpc) is 3.14. The molecule has 1 amide bonds. The number of thiophene rings is 1. The third-order valence-electron chi connectivity index (χ3n) is 3.70. The molecular weight excluding hydrogens is 353 g/mol. The zero-order chi connectivity index (χ0) is 17.9. The molecule has 2 aromatic rings. The average molecular weight is 368 g/mol. The summed E-state index contributed by atoms with van der Waals surface area (Å²) in [5.41, 5.74) is 1.08. The number of hydrogen-bond acceptors (Lipinski definition) is 4. The molecule has 0 fully saturated rings. The first kappa shape index (κ1) is 17.5. The maximum Gasteiger partial charge on any atom is 0.422 e. The molecule has 2 aromatic heterocycles. The van der Waals surface area contributed by atoms with Crippen molar-refractivity contribution in [1.82, 2.24) is 9.88 Å². The van der Waals surface area contributed by atoms with E-state index in [-0.39, 0.29) is 11.4 Å². The van der Waals surface area contributed by atoms with E-state index in [0.717, 1.165) is 0 Å². The van der Waals surface area contributed by atoms with Gasteiger partial charge in [0, 0.05) is 24.2 Å². The van der Waals surface area contributed by atoms with Gasteiger partial charge in [0.15, 0.2) is 18.1 Å². The van der Waals surface area contributed by atoms with Crippen LogP contribution in [0.25, 0.3) is 5.57 Å². The molecule has 4 nitrogen and oxygen atoms in total. The third-order valence-corrected chi connectivity index (χ3v) is 4.64. The molecule has 0 aliphatic carbocycles. The molecule has 0 saturated carbocycles. The van der Waals surface area contributed by atoms with E-state index in [2.05, 4.69) is 4.98 Å². The molecule has 0 spiro atoms. The van der Waals surface area contributed by atoms with Crippen LogP contribution in [0.3, 0.4) is 0 Å². The highest BCUT2D eigenvalue weighted by atomic mass is 32.1. The van der Waals surface area contributed by atoms with Gasteiger partial charge >= 0.3 is 6.18 Å². The predicted octanol–water partition coefficient (Wildman–Crippen LogP) is 4.01. The number of aromatic nitrogens is 1. The molecule has 0 atom stereocenters. The van der Waals surface area contributed by atoms with E-state index in [1.165, 1.54) is 28.8 Å². The summed E-state index contributed by atoms with van der Waals surface area (Å²) in [6.45, 7) is -0.583. The molecule has 0 aromatic carbocycles. The Morgan fingerprint density at radius 1 is 1.32 bits per heavy atom. The number of amides is 1. The Morgan fingerprint density at radius 3 is 2.80 bits per heavy atom. The molecule has 0 radical (unpaired) electrons. The van der Waals surface area contributed by atoms with Crippen LogP contribution in [-0.2, 0) is 0 Å². The largest absolute Gasteiger partial charge is 0.482 e. The SMILES string of the molecule is O=C(c1ncccc1OCC(F)(F)F)N1CC=C(c2cccs2)CC1. The molecule has 1 aliphatic heterocycles. The Balaban J connectivity index is 1.72. The second-order valence-corrected chi connectivity index (χ2v) is 6.41. The zero-order valence-electron chi connectivity index (χ0n) is 13.1. The van der Waals surface area contributed by atoms with E-state index in [4.69, 9.17) is 4.74 Å². The Labute approximate surface area is 146 Å². The fourth-order valence-electron chi connectivity index (χ4n) is 2.52. The first-order valence-corrected chi connectivity index (χ1v) is 8.49.